The molecule has 1 aliphatic rings. The molecule has 3 aromatic rings. The van der Waals surface area contributed by atoms with Crippen LogP contribution in [0.2, 0.25) is 0 Å². The van der Waals surface area contributed by atoms with Crippen LogP contribution in [-0.4, -0.2) is 82.4 Å². The van der Waals surface area contributed by atoms with E-state index in [-0.39, 0.29) is 75.6 Å². The molecule has 0 bridgehead atoms. The van der Waals surface area contributed by atoms with Gasteiger partial charge in [-0.1, -0.05) is 0 Å². The number of carbonyl (C=O) groups is 6. The van der Waals surface area contributed by atoms with Gasteiger partial charge in [0.25, 0.3) is 11.8 Å². The molecule has 51 heavy (non-hydrogen) atoms. The van der Waals surface area contributed by atoms with Gasteiger partial charge in [-0.05, 0) is 65.8 Å². The molecule has 0 radical (unpaired) electrons. The number of hydrogen-bond acceptors (Lipinski definition) is 15. The van der Waals surface area contributed by atoms with Crippen molar-refractivity contribution in [3.05, 3.63) is 54.9 Å². The first-order valence-corrected chi connectivity index (χ1v) is 17.5. The maximum Gasteiger partial charge on any atom is 0.344 e. The van der Waals surface area contributed by atoms with E-state index in [0.717, 1.165) is 27.6 Å². The average Bonchev–Trinajstić information content (AvgIpc) is 3.69. The van der Waals surface area contributed by atoms with Gasteiger partial charge in [-0.25, -0.2) is 24.1 Å². The third-order valence-corrected chi connectivity index (χ3v) is 9.40. The highest BCUT2D eigenvalue weighted by Crippen LogP contribution is 2.51. The molecule has 0 aliphatic carbocycles. The number of methoxy groups -OCH3 is 1. The number of rotatable bonds is 16. The largest absolute Gasteiger partial charge is 0.497 e. The molecule has 0 N–H and O–H groups in total. The van der Waals surface area contributed by atoms with Gasteiger partial charge in [0.2, 0.25) is 0 Å². The van der Waals surface area contributed by atoms with Crippen LogP contribution in [0.1, 0.15) is 67.9 Å². The topological polar surface area (TPSA) is 170 Å². The van der Waals surface area contributed by atoms with Gasteiger partial charge >= 0.3 is 23.9 Å². The summed E-state index contributed by atoms with van der Waals surface area (Å²) >= 11 is 1.93. The summed E-state index contributed by atoms with van der Waals surface area (Å²) in [5.41, 5.74) is -0.347. The Balaban J connectivity index is 2.06. The Bertz CT molecular complexity index is 1760. The second-order valence-electron chi connectivity index (χ2n) is 10.4. The predicted octanol–water partition coefficient (Wildman–Crippen LogP) is 5.16. The molecule has 1 aromatic carbocycles. The molecular formula is C35H37NO13S2. The summed E-state index contributed by atoms with van der Waals surface area (Å²) in [6.07, 6.45) is 0. The van der Waals surface area contributed by atoms with Gasteiger partial charge in [-0.15, -0.1) is 22.7 Å². The number of esters is 4. The molecular weight excluding hydrogens is 707 g/mol. The first-order chi connectivity index (χ1) is 24.4. The van der Waals surface area contributed by atoms with Crippen LogP contribution in [0.25, 0.3) is 11.1 Å². The highest BCUT2D eigenvalue weighted by atomic mass is 32.1. The van der Waals surface area contributed by atoms with E-state index in [0.29, 0.717) is 15.5 Å². The zero-order chi connectivity index (χ0) is 37.4. The minimum absolute atomic E-state index is 0.0175. The SMILES string of the molecule is CCOC(=O)COc1c(C2=C(c3sc(C)c(C(=O)OCC)c3OCC(=O)OCC)C(=O)N(c3ccc(OC)cc3)C2=O)sc(C)c1C(=O)OCC. The van der Waals surface area contributed by atoms with Crippen LogP contribution in [0.3, 0.4) is 0 Å². The van der Waals surface area contributed by atoms with E-state index in [1.165, 1.54) is 19.2 Å². The zero-order valence-corrected chi connectivity index (χ0v) is 30.8. The van der Waals surface area contributed by atoms with Gasteiger partial charge in [-0.2, -0.15) is 0 Å². The lowest BCUT2D eigenvalue weighted by Gasteiger charge is -2.16. The number of amides is 2. The number of benzene rings is 1. The Morgan fingerprint density at radius 1 is 0.627 bits per heavy atom. The summed E-state index contributed by atoms with van der Waals surface area (Å²) in [4.78, 5) is 82.3. The fourth-order valence-electron chi connectivity index (χ4n) is 5.12. The number of nitrogens with zero attached hydrogens (tertiary/aromatic N) is 1. The average molecular weight is 744 g/mol. The van der Waals surface area contributed by atoms with Gasteiger partial charge in [0.1, 0.15) is 16.9 Å². The van der Waals surface area contributed by atoms with Gasteiger partial charge in [0.15, 0.2) is 24.7 Å². The van der Waals surface area contributed by atoms with Crippen LogP contribution in [0.5, 0.6) is 17.2 Å². The summed E-state index contributed by atoms with van der Waals surface area (Å²) in [5, 5.41) is 0. The van der Waals surface area contributed by atoms with Crippen molar-refractivity contribution in [3.63, 3.8) is 0 Å². The van der Waals surface area contributed by atoms with Crippen molar-refractivity contribution in [2.24, 2.45) is 0 Å². The molecule has 2 aromatic heterocycles. The highest BCUT2D eigenvalue weighted by molar-refractivity contribution is 7.16. The van der Waals surface area contributed by atoms with E-state index < -0.39 is 48.9 Å². The smallest absolute Gasteiger partial charge is 0.344 e. The maximum absolute atomic E-state index is 14.6. The lowest BCUT2D eigenvalue weighted by Crippen LogP contribution is -2.31. The van der Waals surface area contributed by atoms with Gasteiger partial charge < -0.3 is 33.2 Å². The van der Waals surface area contributed by atoms with Crippen molar-refractivity contribution in [2.75, 3.05) is 51.7 Å². The Morgan fingerprint density at radius 2 is 1.02 bits per heavy atom. The van der Waals surface area contributed by atoms with Crippen molar-refractivity contribution < 1.29 is 61.9 Å². The van der Waals surface area contributed by atoms with Gasteiger partial charge in [-0.3, -0.25) is 9.59 Å². The Morgan fingerprint density at radius 3 is 1.37 bits per heavy atom. The Kier molecular flexibility index (Phi) is 13.0. The van der Waals surface area contributed by atoms with Crippen molar-refractivity contribution >= 4 is 75.2 Å². The molecule has 0 saturated heterocycles. The van der Waals surface area contributed by atoms with Crippen LogP contribution in [0.15, 0.2) is 24.3 Å². The van der Waals surface area contributed by atoms with E-state index in [4.69, 9.17) is 33.2 Å². The summed E-state index contributed by atoms with van der Waals surface area (Å²) in [7, 11) is 1.47. The standard InChI is InChI=1S/C35H37NO13S2/c1-8-44-22(37)16-48-28-24(34(41)46-10-3)18(5)50-30(28)26-27(33(40)36(32(26)39)20-12-14-21(43-7)15-13-20)31-29(49-17-23(38)45-9-2)25(19(6)51-31)35(42)47-11-4/h12-15H,8-11,16-17H2,1-7H3. The summed E-state index contributed by atoms with van der Waals surface area (Å²) in [5.74, 6) is -4.55. The van der Waals surface area contributed by atoms with E-state index in [1.54, 1.807) is 53.7 Å². The summed E-state index contributed by atoms with van der Waals surface area (Å²) < 4.78 is 37.6. The monoisotopic (exact) mass is 743 g/mol. The van der Waals surface area contributed by atoms with Crippen LogP contribution in [0.4, 0.5) is 5.69 Å². The lowest BCUT2D eigenvalue weighted by atomic mass is 10.0. The van der Waals surface area contributed by atoms with Crippen molar-refractivity contribution in [1.29, 1.82) is 0 Å². The third kappa shape index (κ3) is 8.07. The van der Waals surface area contributed by atoms with Gasteiger partial charge in [0, 0.05) is 9.75 Å². The number of imide groups is 1. The number of thiophene rings is 2. The van der Waals surface area contributed by atoms with Crippen molar-refractivity contribution in [3.8, 4) is 17.2 Å². The first-order valence-electron chi connectivity index (χ1n) is 15.9. The number of ether oxygens (including phenoxy) is 7. The van der Waals surface area contributed by atoms with Gasteiger partial charge in [0.05, 0.1) is 60.1 Å². The molecule has 0 atom stereocenters. The van der Waals surface area contributed by atoms with E-state index in [1.807, 2.05) is 0 Å². The van der Waals surface area contributed by atoms with E-state index >= 15 is 0 Å². The van der Waals surface area contributed by atoms with Crippen LogP contribution < -0.4 is 19.1 Å². The number of carbonyl (C=O) groups excluding carboxylic acids is 6. The minimum Gasteiger partial charge on any atom is -0.497 e. The van der Waals surface area contributed by atoms with E-state index in [2.05, 4.69) is 0 Å². The highest BCUT2D eigenvalue weighted by Gasteiger charge is 2.46. The molecule has 0 fully saturated rings. The van der Waals surface area contributed by atoms with Crippen LogP contribution in [-0.2, 0) is 38.1 Å². The quantitative estimate of drug-likeness (QED) is 0.107. The molecule has 2 amide bonds. The predicted molar refractivity (Wildman–Crippen MR) is 187 cm³/mol. The molecule has 272 valence electrons. The van der Waals surface area contributed by atoms with E-state index in [9.17, 15) is 28.8 Å². The Hall–Kier alpha value is -5.22. The zero-order valence-electron chi connectivity index (χ0n) is 29.1. The molecule has 0 saturated carbocycles. The third-order valence-electron chi connectivity index (χ3n) is 7.19. The van der Waals surface area contributed by atoms with Crippen LogP contribution >= 0.6 is 22.7 Å². The summed E-state index contributed by atoms with van der Waals surface area (Å²) in [6, 6.07) is 6.16. The number of aryl methyl sites for hydroxylation is 2. The molecule has 14 nitrogen and oxygen atoms in total. The number of anilines is 1. The lowest BCUT2D eigenvalue weighted by molar-refractivity contribution is -0.146. The molecule has 1 aliphatic heterocycles. The first kappa shape index (κ1) is 38.6. The molecule has 0 spiro atoms. The molecule has 3 heterocycles. The number of hydrogen-bond donors (Lipinski definition) is 0. The minimum atomic E-state index is -0.808. The second-order valence-corrected chi connectivity index (χ2v) is 12.9. The van der Waals surface area contributed by atoms with Crippen molar-refractivity contribution in [2.45, 2.75) is 41.5 Å². The summed E-state index contributed by atoms with van der Waals surface area (Å²) in [6.45, 7) is 8.57. The molecule has 16 heteroatoms. The van der Waals surface area contributed by atoms with Crippen LogP contribution in [0, 0.1) is 13.8 Å². The second kappa shape index (κ2) is 17.1. The normalized spacial score (nSPS) is 12.6. The fraction of sp³-hybridized carbons (Fsp3) is 0.371. The maximum atomic E-state index is 14.6. The molecule has 4 rings (SSSR count). The fourth-order valence-corrected chi connectivity index (χ4v) is 7.37. The van der Waals surface area contributed by atoms with Crippen molar-refractivity contribution in [1.82, 2.24) is 0 Å². The molecule has 0 unspecified atom stereocenters. The Labute approximate surface area is 301 Å².